The zero-order valence-electron chi connectivity index (χ0n) is 14.2. The molecule has 0 aromatic heterocycles. The number of alkyl halides is 1. The zero-order valence-corrected chi connectivity index (χ0v) is 14.2. The number of hydrogen-bond donors (Lipinski definition) is 1. The lowest BCUT2D eigenvalue weighted by Gasteiger charge is -2.05. The van der Waals surface area contributed by atoms with Gasteiger partial charge in [0.15, 0.2) is 11.5 Å². The van der Waals surface area contributed by atoms with E-state index in [-0.39, 0.29) is 19.4 Å². The van der Waals surface area contributed by atoms with E-state index >= 15 is 0 Å². The molecule has 0 saturated carbocycles. The Kier molecular flexibility index (Phi) is 6.09. The van der Waals surface area contributed by atoms with Crippen molar-refractivity contribution in [2.24, 2.45) is 0 Å². The number of ether oxygens (including phenoxy) is 3. The van der Waals surface area contributed by atoms with E-state index in [0.717, 1.165) is 16.9 Å². The predicted octanol–water partition coefficient (Wildman–Crippen LogP) is 3.48. The minimum Gasteiger partial charge on any atom is -0.493 e. The third kappa shape index (κ3) is 4.99. The number of hydrogen-bond acceptors (Lipinski definition) is 4. The molecule has 1 aliphatic rings. The fourth-order valence-corrected chi connectivity index (χ4v) is 2.39. The lowest BCUT2D eigenvalue weighted by molar-refractivity contribution is -0.116. The molecule has 0 aliphatic carbocycles. The Hall–Kier alpha value is -3.02. The van der Waals surface area contributed by atoms with Gasteiger partial charge in [0.25, 0.3) is 0 Å². The second-order valence-electron chi connectivity index (χ2n) is 5.70. The number of carbonyl (C=O) groups excluding carboxylic acids is 1. The van der Waals surface area contributed by atoms with Crippen LogP contribution in [0.25, 0.3) is 6.08 Å². The number of fused-ring (bicyclic) bond motifs is 1. The Morgan fingerprint density at radius 1 is 1.15 bits per heavy atom. The molecule has 2 aromatic rings. The van der Waals surface area contributed by atoms with Crippen LogP contribution in [0.4, 0.5) is 4.39 Å². The first-order chi connectivity index (χ1) is 12.7. The number of amides is 1. The van der Waals surface area contributed by atoms with E-state index in [4.69, 9.17) is 14.2 Å². The quantitative estimate of drug-likeness (QED) is 0.580. The van der Waals surface area contributed by atoms with Crippen LogP contribution in [0.2, 0.25) is 0 Å². The van der Waals surface area contributed by atoms with E-state index in [1.807, 2.05) is 30.3 Å². The van der Waals surface area contributed by atoms with Crippen LogP contribution >= 0.6 is 0 Å². The third-order valence-corrected chi connectivity index (χ3v) is 3.76. The highest BCUT2D eigenvalue weighted by Crippen LogP contribution is 2.32. The van der Waals surface area contributed by atoms with Gasteiger partial charge in [-0.1, -0.05) is 18.2 Å². The highest BCUT2D eigenvalue weighted by molar-refractivity contribution is 5.91. The molecule has 3 rings (SSSR count). The minimum atomic E-state index is -0.387. The van der Waals surface area contributed by atoms with Crippen molar-refractivity contribution in [3.8, 4) is 17.2 Å². The van der Waals surface area contributed by atoms with Gasteiger partial charge in [-0.05, 0) is 41.5 Å². The predicted molar refractivity (Wildman–Crippen MR) is 96.0 cm³/mol. The van der Waals surface area contributed by atoms with E-state index in [9.17, 15) is 9.18 Å². The molecular formula is C20H20FNO4. The summed E-state index contributed by atoms with van der Waals surface area (Å²) in [5.74, 6) is 1.91. The monoisotopic (exact) mass is 357 g/mol. The number of carbonyl (C=O) groups is 1. The molecule has 2 aromatic carbocycles. The molecule has 0 bridgehead atoms. The highest BCUT2D eigenvalue weighted by atomic mass is 19.1. The first-order valence-corrected chi connectivity index (χ1v) is 8.38. The Labute approximate surface area is 151 Å². The van der Waals surface area contributed by atoms with E-state index in [0.29, 0.717) is 31.1 Å². The maximum atomic E-state index is 12.0. The summed E-state index contributed by atoms with van der Waals surface area (Å²) in [5.41, 5.74) is 1.81. The van der Waals surface area contributed by atoms with Gasteiger partial charge >= 0.3 is 0 Å². The van der Waals surface area contributed by atoms with Crippen molar-refractivity contribution in [2.45, 2.75) is 13.0 Å². The maximum Gasteiger partial charge on any atom is 0.244 e. The van der Waals surface area contributed by atoms with Crippen molar-refractivity contribution in [3.05, 3.63) is 59.7 Å². The van der Waals surface area contributed by atoms with Crippen LogP contribution in [0.1, 0.15) is 17.5 Å². The molecule has 6 heteroatoms. The topological polar surface area (TPSA) is 56.8 Å². The van der Waals surface area contributed by atoms with Crippen LogP contribution in [-0.2, 0) is 11.3 Å². The normalized spacial score (nSPS) is 12.3. The van der Waals surface area contributed by atoms with Gasteiger partial charge in [0, 0.05) is 19.0 Å². The van der Waals surface area contributed by atoms with Crippen LogP contribution in [-0.4, -0.2) is 26.0 Å². The van der Waals surface area contributed by atoms with Crippen LogP contribution in [0.15, 0.2) is 48.5 Å². The standard InChI is InChI=1S/C20H20FNO4/c21-10-1-11-24-17-6-2-15(3-7-17)5-9-20(23)22-13-16-4-8-18-19(12-16)26-14-25-18/h2-9,12H,1,10-11,13-14H2,(H,22,23). The molecule has 1 amide bonds. The molecule has 1 N–H and O–H groups in total. The van der Waals surface area contributed by atoms with Crippen LogP contribution in [0, 0.1) is 0 Å². The van der Waals surface area contributed by atoms with Crippen molar-refractivity contribution >= 4 is 12.0 Å². The minimum absolute atomic E-state index is 0.189. The molecule has 136 valence electrons. The second kappa shape index (κ2) is 8.89. The molecule has 0 fully saturated rings. The summed E-state index contributed by atoms with van der Waals surface area (Å²) in [5, 5.41) is 2.82. The van der Waals surface area contributed by atoms with Gasteiger partial charge in [-0.2, -0.15) is 0 Å². The van der Waals surface area contributed by atoms with Gasteiger partial charge in [-0.25, -0.2) is 0 Å². The summed E-state index contributed by atoms with van der Waals surface area (Å²) in [4.78, 5) is 12.0. The first-order valence-electron chi connectivity index (χ1n) is 8.38. The second-order valence-corrected chi connectivity index (χ2v) is 5.70. The molecule has 0 atom stereocenters. The van der Waals surface area contributed by atoms with Crippen molar-refractivity contribution < 1.29 is 23.4 Å². The molecule has 1 heterocycles. The lowest BCUT2D eigenvalue weighted by Crippen LogP contribution is -2.20. The van der Waals surface area contributed by atoms with Gasteiger partial charge in [0.1, 0.15) is 5.75 Å². The van der Waals surface area contributed by atoms with Gasteiger partial charge in [0.05, 0.1) is 13.3 Å². The van der Waals surface area contributed by atoms with Crippen LogP contribution < -0.4 is 19.5 Å². The Bertz CT molecular complexity index is 774. The Morgan fingerprint density at radius 3 is 2.77 bits per heavy atom. The zero-order chi connectivity index (χ0) is 18.2. The van der Waals surface area contributed by atoms with Gasteiger partial charge in [0.2, 0.25) is 12.7 Å². The lowest BCUT2D eigenvalue weighted by atomic mass is 10.2. The van der Waals surface area contributed by atoms with E-state index in [2.05, 4.69) is 5.32 Å². The maximum absolute atomic E-state index is 12.0. The number of nitrogens with one attached hydrogen (secondary N) is 1. The SMILES string of the molecule is O=C(C=Cc1ccc(OCCCF)cc1)NCc1ccc2c(c1)OCO2. The largest absolute Gasteiger partial charge is 0.493 e. The number of rotatable bonds is 8. The van der Waals surface area contributed by atoms with Gasteiger partial charge in [-0.15, -0.1) is 0 Å². The highest BCUT2D eigenvalue weighted by Gasteiger charge is 2.13. The number of halogens is 1. The van der Waals surface area contributed by atoms with Crippen molar-refractivity contribution in [1.29, 1.82) is 0 Å². The van der Waals surface area contributed by atoms with E-state index in [1.54, 1.807) is 18.2 Å². The summed E-state index contributed by atoms with van der Waals surface area (Å²) in [6, 6.07) is 12.8. The average molecular weight is 357 g/mol. The van der Waals surface area contributed by atoms with Crippen molar-refractivity contribution in [1.82, 2.24) is 5.32 Å². The molecule has 26 heavy (non-hydrogen) atoms. The summed E-state index contributed by atoms with van der Waals surface area (Å²) >= 11 is 0. The van der Waals surface area contributed by atoms with Gasteiger partial charge in [-0.3, -0.25) is 9.18 Å². The van der Waals surface area contributed by atoms with Crippen molar-refractivity contribution in [3.63, 3.8) is 0 Å². The smallest absolute Gasteiger partial charge is 0.244 e. The first kappa shape index (κ1) is 17.8. The summed E-state index contributed by atoms with van der Waals surface area (Å²) in [6.07, 6.45) is 3.58. The molecule has 5 nitrogen and oxygen atoms in total. The molecular weight excluding hydrogens is 337 g/mol. The van der Waals surface area contributed by atoms with E-state index in [1.165, 1.54) is 6.08 Å². The molecule has 0 spiro atoms. The Morgan fingerprint density at radius 2 is 1.96 bits per heavy atom. The number of benzene rings is 2. The van der Waals surface area contributed by atoms with Crippen molar-refractivity contribution in [2.75, 3.05) is 20.1 Å². The summed E-state index contributed by atoms with van der Waals surface area (Å²) in [6.45, 7) is 0.602. The molecule has 0 unspecified atom stereocenters. The van der Waals surface area contributed by atoms with E-state index < -0.39 is 0 Å². The molecule has 1 aliphatic heterocycles. The fraction of sp³-hybridized carbons (Fsp3) is 0.250. The third-order valence-electron chi connectivity index (χ3n) is 3.76. The Balaban J connectivity index is 1.46. The van der Waals surface area contributed by atoms with Crippen LogP contribution in [0.5, 0.6) is 17.2 Å². The average Bonchev–Trinajstić information content (AvgIpc) is 3.14. The molecule has 0 radical (unpaired) electrons. The summed E-state index contributed by atoms with van der Waals surface area (Å²) < 4.78 is 28.0. The summed E-state index contributed by atoms with van der Waals surface area (Å²) in [7, 11) is 0. The van der Waals surface area contributed by atoms with Gasteiger partial charge < -0.3 is 19.5 Å². The van der Waals surface area contributed by atoms with Crippen LogP contribution in [0.3, 0.4) is 0 Å². The molecule has 0 saturated heterocycles. The fourth-order valence-electron chi connectivity index (χ4n) is 2.39.